The molecule has 0 fully saturated rings. The van der Waals surface area contributed by atoms with E-state index in [2.05, 4.69) is 25.5 Å². The number of para-hydroxylation sites is 1. The van der Waals surface area contributed by atoms with Gasteiger partial charge in [-0.2, -0.15) is 10.2 Å². The van der Waals surface area contributed by atoms with E-state index in [0.717, 1.165) is 28.4 Å². The third kappa shape index (κ3) is 2.63. The van der Waals surface area contributed by atoms with Crippen LogP contribution in [0.15, 0.2) is 73.6 Å². The van der Waals surface area contributed by atoms with Gasteiger partial charge in [-0.15, -0.1) is 0 Å². The highest BCUT2D eigenvalue weighted by Crippen LogP contribution is 2.25. The van der Waals surface area contributed by atoms with E-state index < -0.39 is 0 Å². The van der Waals surface area contributed by atoms with Crippen molar-refractivity contribution in [3.05, 3.63) is 73.6 Å². The van der Waals surface area contributed by atoms with Crippen molar-refractivity contribution in [3.63, 3.8) is 0 Å². The number of rotatable bonds is 4. The molecule has 4 aromatic heterocycles. The van der Waals surface area contributed by atoms with Crippen LogP contribution in [0.4, 0.5) is 11.6 Å². The molecule has 132 valence electrons. The van der Waals surface area contributed by atoms with Crippen molar-refractivity contribution in [2.45, 2.75) is 0 Å². The van der Waals surface area contributed by atoms with E-state index in [1.807, 2.05) is 77.3 Å². The molecular weight excluding hydrogens is 340 g/mol. The van der Waals surface area contributed by atoms with Crippen LogP contribution >= 0.6 is 0 Å². The minimum Gasteiger partial charge on any atom is -0.322 e. The lowest BCUT2D eigenvalue weighted by molar-refractivity contribution is 0.768. The van der Waals surface area contributed by atoms with E-state index in [9.17, 15) is 0 Å². The Bertz CT molecular complexity index is 1210. The lowest BCUT2D eigenvalue weighted by Crippen LogP contribution is -2.04. The highest BCUT2D eigenvalue weighted by atomic mass is 15.3. The van der Waals surface area contributed by atoms with E-state index in [1.54, 1.807) is 17.1 Å². The quantitative estimate of drug-likeness (QED) is 0.535. The second kappa shape index (κ2) is 6.10. The summed E-state index contributed by atoms with van der Waals surface area (Å²) >= 11 is 0. The van der Waals surface area contributed by atoms with Gasteiger partial charge in [-0.25, -0.2) is 14.6 Å². The molecule has 0 saturated carbocycles. The van der Waals surface area contributed by atoms with Crippen LogP contribution in [0.3, 0.4) is 0 Å². The number of hydrogen-bond acceptors (Lipinski definition) is 5. The number of nitrogens with zero attached hydrogens (tertiary/aromatic N) is 7. The molecule has 27 heavy (non-hydrogen) atoms. The summed E-state index contributed by atoms with van der Waals surface area (Å²) in [6.07, 6.45) is 11.0. The Kier molecular flexibility index (Phi) is 3.46. The summed E-state index contributed by atoms with van der Waals surface area (Å²) in [5.41, 5.74) is 3.66. The molecule has 8 nitrogen and oxygen atoms in total. The van der Waals surface area contributed by atoms with Gasteiger partial charge in [0.25, 0.3) is 0 Å². The number of fused-ring (bicyclic) bond motifs is 1. The molecule has 4 heterocycles. The summed E-state index contributed by atoms with van der Waals surface area (Å²) in [6.45, 7) is 0. The number of aromatic nitrogens is 7. The standard InChI is InChI=1S/C19H16N8/c1-25-13-14(11-23-25)16-12-21-19-18(20-9-10-26(16)19)24-17-7-8-22-27(17)15-5-3-2-4-6-15/h2-13H,1H3,(H,20,24). The van der Waals surface area contributed by atoms with Crippen molar-refractivity contribution in [2.24, 2.45) is 7.05 Å². The largest absolute Gasteiger partial charge is 0.322 e. The Morgan fingerprint density at radius 2 is 1.81 bits per heavy atom. The molecule has 0 spiro atoms. The zero-order chi connectivity index (χ0) is 18.2. The van der Waals surface area contributed by atoms with Gasteiger partial charge in [0.2, 0.25) is 0 Å². The summed E-state index contributed by atoms with van der Waals surface area (Å²) in [6, 6.07) is 11.9. The first-order valence-electron chi connectivity index (χ1n) is 8.47. The Labute approximate surface area is 154 Å². The second-order valence-electron chi connectivity index (χ2n) is 6.10. The van der Waals surface area contributed by atoms with Gasteiger partial charge in [0.1, 0.15) is 5.82 Å². The molecule has 0 aliphatic heterocycles. The predicted octanol–water partition coefficient (Wildman–Crippen LogP) is 3.06. The van der Waals surface area contributed by atoms with Crippen molar-refractivity contribution < 1.29 is 0 Å². The van der Waals surface area contributed by atoms with E-state index in [-0.39, 0.29) is 0 Å². The van der Waals surface area contributed by atoms with E-state index >= 15 is 0 Å². The fraction of sp³-hybridized carbons (Fsp3) is 0.0526. The lowest BCUT2D eigenvalue weighted by atomic mass is 10.3. The van der Waals surface area contributed by atoms with Gasteiger partial charge < -0.3 is 5.32 Å². The van der Waals surface area contributed by atoms with Crippen LogP contribution in [-0.4, -0.2) is 33.9 Å². The molecule has 0 amide bonds. The molecule has 5 aromatic rings. The lowest BCUT2D eigenvalue weighted by Gasteiger charge is -2.10. The van der Waals surface area contributed by atoms with Crippen LogP contribution in [0.25, 0.3) is 22.6 Å². The van der Waals surface area contributed by atoms with Crippen molar-refractivity contribution in [1.82, 2.24) is 33.9 Å². The van der Waals surface area contributed by atoms with Crippen molar-refractivity contribution >= 4 is 17.3 Å². The van der Waals surface area contributed by atoms with E-state index in [4.69, 9.17) is 0 Å². The van der Waals surface area contributed by atoms with Crippen LogP contribution in [-0.2, 0) is 7.05 Å². The number of imidazole rings is 1. The van der Waals surface area contributed by atoms with Gasteiger partial charge in [-0.1, -0.05) is 18.2 Å². The Morgan fingerprint density at radius 1 is 0.926 bits per heavy atom. The van der Waals surface area contributed by atoms with Gasteiger partial charge in [0.15, 0.2) is 11.5 Å². The maximum Gasteiger partial charge on any atom is 0.180 e. The average Bonchev–Trinajstić information content (AvgIpc) is 3.42. The van der Waals surface area contributed by atoms with Gasteiger partial charge >= 0.3 is 0 Å². The number of hydrogen-bond donors (Lipinski definition) is 1. The highest BCUT2D eigenvalue weighted by molar-refractivity contribution is 5.73. The third-order valence-corrected chi connectivity index (χ3v) is 4.32. The number of anilines is 2. The number of benzene rings is 1. The molecule has 0 radical (unpaired) electrons. The molecule has 0 atom stereocenters. The first kappa shape index (κ1) is 15.3. The van der Waals surface area contributed by atoms with Crippen LogP contribution < -0.4 is 5.32 Å². The molecule has 8 heteroatoms. The molecule has 0 unspecified atom stereocenters. The fourth-order valence-corrected chi connectivity index (χ4v) is 3.07. The Balaban J connectivity index is 1.56. The maximum absolute atomic E-state index is 4.56. The van der Waals surface area contributed by atoms with E-state index in [0.29, 0.717) is 5.82 Å². The Morgan fingerprint density at radius 3 is 2.63 bits per heavy atom. The summed E-state index contributed by atoms with van der Waals surface area (Å²) in [7, 11) is 1.89. The van der Waals surface area contributed by atoms with E-state index in [1.165, 1.54) is 0 Å². The number of aryl methyl sites for hydroxylation is 1. The Hall–Kier alpha value is -3.94. The average molecular weight is 356 g/mol. The first-order valence-corrected chi connectivity index (χ1v) is 8.47. The molecule has 1 N–H and O–H groups in total. The molecular formula is C19H16N8. The SMILES string of the molecule is Cn1cc(-c2cnc3c(Nc4ccnn4-c4ccccc4)nccn23)cn1. The zero-order valence-corrected chi connectivity index (χ0v) is 14.6. The molecule has 0 saturated heterocycles. The zero-order valence-electron chi connectivity index (χ0n) is 14.6. The summed E-state index contributed by atoms with van der Waals surface area (Å²) in [5.74, 6) is 1.47. The summed E-state index contributed by atoms with van der Waals surface area (Å²) in [5, 5.41) is 12.0. The molecule has 0 aliphatic rings. The van der Waals surface area contributed by atoms with Gasteiger partial charge in [-0.05, 0) is 12.1 Å². The minimum absolute atomic E-state index is 0.658. The molecule has 0 aliphatic carbocycles. The predicted molar refractivity (Wildman–Crippen MR) is 102 cm³/mol. The van der Waals surface area contributed by atoms with Crippen LogP contribution in [0.2, 0.25) is 0 Å². The first-order chi connectivity index (χ1) is 13.3. The van der Waals surface area contributed by atoms with Gasteiger partial charge in [-0.3, -0.25) is 9.08 Å². The van der Waals surface area contributed by atoms with Gasteiger partial charge in [0.05, 0.1) is 30.0 Å². The van der Waals surface area contributed by atoms with Crippen molar-refractivity contribution in [1.29, 1.82) is 0 Å². The fourth-order valence-electron chi connectivity index (χ4n) is 3.07. The van der Waals surface area contributed by atoms with Crippen molar-refractivity contribution in [3.8, 4) is 16.9 Å². The summed E-state index contributed by atoms with van der Waals surface area (Å²) in [4.78, 5) is 9.03. The van der Waals surface area contributed by atoms with Crippen LogP contribution in [0.5, 0.6) is 0 Å². The normalized spacial score (nSPS) is 11.1. The van der Waals surface area contributed by atoms with Crippen LogP contribution in [0.1, 0.15) is 0 Å². The smallest absolute Gasteiger partial charge is 0.180 e. The minimum atomic E-state index is 0.658. The van der Waals surface area contributed by atoms with Crippen molar-refractivity contribution in [2.75, 3.05) is 5.32 Å². The number of nitrogens with one attached hydrogen (secondary N) is 1. The monoisotopic (exact) mass is 356 g/mol. The molecule has 0 bridgehead atoms. The third-order valence-electron chi connectivity index (χ3n) is 4.32. The topological polar surface area (TPSA) is 77.9 Å². The highest BCUT2D eigenvalue weighted by Gasteiger charge is 2.13. The molecule has 1 aromatic carbocycles. The van der Waals surface area contributed by atoms with Gasteiger partial charge in [0, 0.05) is 37.3 Å². The second-order valence-corrected chi connectivity index (χ2v) is 6.10. The van der Waals surface area contributed by atoms with Crippen LogP contribution in [0, 0.1) is 0 Å². The summed E-state index contributed by atoms with van der Waals surface area (Å²) < 4.78 is 5.60. The molecule has 5 rings (SSSR count). The maximum atomic E-state index is 4.56.